The van der Waals surface area contributed by atoms with Crippen LogP contribution in [0.5, 0.6) is 0 Å². The van der Waals surface area contributed by atoms with Gasteiger partial charge >= 0.3 is 0 Å². The van der Waals surface area contributed by atoms with E-state index in [1.807, 2.05) is 18.2 Å². The van der Waals surface area contributed by atoms with E-state index in [9.17, 15) is 0 Å². The number of nitrogens with zero attached hydrogens (tertiary/aromatic N) is 3. The molecular formula is C54H39N3. The fourth-order valence-electron chi connectivity index (χ4n) is 8.92. The molecular weight excluding hydrogens is 691 g/mol. The van der Waals surface area contributed by atoms with Crippen molar-refractivity contribution in [2.75, 3.05) is 0 Å². The molecule has 0 fully saturated rings. The van der Waals surface area contributed by atoms with E-state index < -0.39 is 5.41 Å². The Labute approximate surface area is 334 Å². The summed E-state index contributed by atoms with van der Waals surface area (Å²) in [4.78, 5) is 16.0. The minimum absolute atomic E-state index is 0.550. The van der Waals surface area contributed by atoms with Gasteiger partial charge in [0.2, 0.25) is 0 Å². The van der Waals surface area contributed by atoms with Crippen molar-refractivity contribution in [3.63, 3.8) is 0 Å². The molecule has 0 radical (unpaired) electrons. The molecule has 1 aliphatic rings. The first-order valence-corrected chi connectivity index (χ1v) is 19.5. The Morgan fingerprint density at radius 2 is 0.702 bits per heavy atom. The van der Waals surface area contributed by atoms with E-state index in [1.165, 1.54) is 38.9 Å². The number of rotatable bonds is 7. The van der Waals surface area contributed by atoms with Crippen molar-refractivity contribution in [3.8, 4) is 67.5 Å². The topological polar surface area (TPSA) is 38.7 Å². The maximum Gasteiger partial charge on any atom is 0.164 e. The van der Waals surface area contributed by atoms with Crippen molar-refractivity contribution >= 4 is 0 Å². The summed E-state index contributed by atoms with van der Waals surface area (Å²) in [5, 5.41) is 0. The zero-order valence-electron chi connectivity index (χ0n) is 31.9. The zero-order valence-corrected chi connectivity index (χ0v) is 31.9. The lowest BCUT2D eigenvalue weighted by atomic mass is 9.65. The van der Waals surface area contributed by atoms with Crippen molar-refractivity contribution in [1.29, 1.82) is 0 Å². The first-order valence-electron chi connectivity index (χ1n) is 19.5. The monoisotopic (exact) mass is 729 g/mol. The van der Waals surface area contributed by atoms with Crippen LogP contribution < -0.4 is 0 Å². The highest BCUT2D eigenvalue weighted by Crippen LogP contribution is 2.59. The highest BCUT2D eigenvalue weighted by Gasteiger charge is 2.48. The Morgan fingerprint density at radius 1 is 0.298 bits per heavy atom. The molecule has 57 heavy (non-hydrogen) atoms. The molecule has 3 heteroatoms. The summed E-state index contributed by atoms with van der Waals surface area (Å²) in [5.74, 6) is 1.90. The largest absolute Gasteiger partial charge is 0.208 e. The summed E-state index contributed by atoms with van der Waals surface area (Å²) in [6.45, 7) is 4.47. The molecule has 0 spiro atoms. The van der Waals surface area contributed by atoms with E-state index in [1.54, 1.807) is 0 Å². The average Bonchev–Trinajstić information content (AvgIpc) is 3.58. The molecule has 0 N–H and O–H groups in total. The van der Waals surface area contributed by atoms with E-state index in [4.69, 9.17) is 15.0 Å². The minimum Gasteiger partial charge on any atom is -0.208 e. The number of aromatic nitrogens is 3. The van der Waals surface area contributed by atoms with Gasteiger partial charge in [0.05, 0.1) is 5.41 Å². The quantitative estimate of drug-likeness (QED) is 0.164. The van der Waals surface area contributed by atoms with Crippen LogP contribution in [-0.2, 0) is 5.41 Å². The molecule has 0 bridgehead atoms. The summed E-state index contributed by atoms with van der Waals surface area (Å²) in [5.41, 5.74) is 16.6. The average molecular weight is 730 g/mol. The lowest BCUT2D eigenvalue weighted by Crippen LogP contribution is -2.30. The van der Waals surface area contributed by atoms with Crippen molar-refractivity contribution in [2.24, 2.45) is 0 Å². The van der Waals surface area contributed by atoms with Gasteiger partial charge in [0.1, 0.15) is 0 Å². The maximum absolute atomic E-state index is 5.43. The summed E-state index contributed by atoms with van der Waals surface area (Å²) in [6.07, 6.45) is 0. The summed E-state index contributed by atoms with van der Waals surface area (Å²) in [6, 6.07) is 71.3. The minimum atomic E-state index is -0.550. The number of benzene rings is 8. The van der Waals surface area contributed by atoms with Crippen LogP contribution in [0.3, 0.4) is 0 Å². The highest BCUT2D eigenvalue weighted by molar-refractivity contribution is 5.95. The number of aryl methyl sites for hydroxylation is 2. The molecule has 1 heterocycles. The molecule has 9 aromatic rings. The molecule has 1 aromatic heterocycles. The Morgan fingerprint density at radius 3 is 1.26 bits per heavy atom. The lowest BCUT2D eigenvalue weighted by Gasteiger charge is -2.36. The third-order valence-electron chi connectivity index (χ3n) is 11.5. The first-order chi connectivity index (χ1) is 28.1. The molecule has 270 valence electrons. The summed E-state index contributed by atoms with van der Waals surface area (Å²) >= 11 is 0. The zero-order chi connectivity index (χ0) is 38.3. The molecule has 1 aliphatic carbocycles. The van der Waals surface area contributed by atoms with Crippen molar-refractivity contribution < 1.29 is 0 Å². The van der Waals surface area contributed by atoms with Gasteiger partial charge in [-0.15, -0.1) is 0 Å². The molecule has 0 saturated carbocycles. The van der Waals surface area contributed by atoms with Crippen LogP contribution in [0, 0.1) is 13.8 Å². The predicted molar refractivity (Wildman–Crippen MR) is 234 cm³/mol. The van der Waals surface area contributed by atoms with E-state index in [0.29, 0.717) is 17.5 Å². The maximum atomic E-state index is 5.43. The van der Waals surface area contributed by atoms with Crippen LogP contribution in [0.25, 0.3) is 67.5 Å². The van der Waals surface area contributed by atoms with Crippen LogP contribution >= 0.6 is 0 Å². The Bertz CT molecular complexity index is 2810. The third-order valence-corrected chi connectivity index (χ3v) is 11.5. The predicted octanol–water partition coefficient (Wildman–Crippen LogP) is 13.2. The van der Waals surface area contributed by atoms with Gasteiger partial charge in [-0.05, 0) is 98.8 Å². The van der Waals surface area contributed by atoms with Gasteiger partial charge in [0, 0.05) is 16.7 Å². The second-order valence-electron chi connectivity index (χ2n) is 14.9. The summed E-state index contributed by atoms with van der Waals surface area (Å²) in [7, 11) is 0. The van der Waals surface area contributed by atoms with Crippen LogP contribution in [0.2, 0.25) is 0 Å². The lowest BCUT2D eigenvalue weighted by molar-refractivity contribution is 0.754. The number of hydrogen-bond acceptors (Lipinski definition) is 3. The van der Waals surface area contributed by atoms with Gasteiger partial charge in [-0.2, -0.15) is 0 Å². The highest BCUT2D eigenvalue weighted by atomic mass is 15.0. The normalized spacial score (nSPS) is 12.5. The van der Waals surface area contributed by atoms with Gasteiger partial charge in [-0.25, -0.2) is 15.0 Å². The second kappa shape index (κ2) is 14.1. The van der Waals surface area contributed by atoms with Crippen molar-refractivity contribution in [3.05, 3.63) is 234 Å². The smallest absolute Gasteiger partial charge is 0.164 e. The van der Waals surface area contributed by atoms with Crippen molar-refractivity contribution in [2.45, 2.75) is 19.3 Å². The molecule has 0 amide bonds. The molecule has 0 atom stereocenters. The van der Waals surface area contributed by atoms with Crippen LogP contribution in [0.4, 0.5) is 0 Å². The van der Waals surface area contributed by atoms with Crippen LogP contribution in [0.1, 0.15) is 33.4 Å². The Hall–Kier alpha value is -7.23. The fraction of sp³-hybridized carbons (Fsp3) is 0.0556. The van der Waals surface area contributed by atoms with Gasteiger partial charge in [0.15, 0.2) is 17.5 Å². The number of fused-ring (bicyclic) bond motifs is 3. The molecule has 8 aromatic carbocycles. The van der Waals surface area contributed by atoms with E-state index in [0.717, 1.165) is 44.5 Å². The van der Waals surface area contributed by atoms with Gasteiger partial charge in [0.25, 0.3) is 0 Å². The number of hydrogen-bond donors (Lipinski definition) is 0. The SMILES string of the molecule is Cc1ccccc1C1(c2ccccc2C)c2ccccc2-c2c(-c3nc(-c4ccccc4)nc(-c4cc(-c5ccccc5)cc(-c5ccccc5)c4)n3)cccc21. The van der Waals surface area contributed by atoms with Crippen LogP contribution in [0.15, 0.2) is 200 Å². The fourth-order valence-corrected chi connectivity index (χ4v) is 8.92. The van der Waals surface area contributed by atoms with E-state index in [-0.39, 0.29) is 0 Å². The Kier molecular flexibility index (Phi) is 8.49. The molecule has 10 rings (SSSR count). The second-order valence-corrected chi connectivity index (χ2v) is 14.9. The first kappa shape index (κ1) is 34.3. The molecule has 3 nitrogen and oxygen atoms in total. The van der Waals surface area contributed by atoms with Gasteiger partial charge in [-0.3, -0.25) is 0 Å². The van der Waals surface area contributed by atoms with E-state index >= 15 is 0 Å². The summed E-state index contributed by atoms with van der Waals surface area (Å²) < 4.78 is 0. The van der Waals surface area contributed by atoms with Crippen molar-refractivity contribution in [1.82, 2.24) is 15.0 Å². The Balaban J connectivity index is 1.27. The van der Waals surface area contributed by atoms with Crippen LogP contribution in [-0.4, -0.2) is 15.0 Å². The molecule has 0 unspecified atom stereocenters. The third kappa shape index (κ3) is 5.79. The molecule has 0 saturated heterocycles. The molecule has 0 aliphatic heterocycles. The standard InChI is InChI=1S/C54H39N3/c1-36-19-12-15-29-46(36)54(47-30-16-13-20-37(47)2)48-31-17-14-27-44(48)50-45(28-18-32-49(50)54)53-56-51(40-25-10-5-11-26-40)55-52(57-53)43-34-41(38-21-6-3-7-22-38)33-42(35-43)39-23-8-4-9-24-39/h3-35H,1-2H3. The van der Waals surface area contributed by atoms with Gasteiger partial charge in [-0.1, -0.05) is 182 Å². The van der Waals surface area contributed by atoms with E-state index in [2.05, 4.69) is 196 Å². The van der Waals surface area contributed by atoms with Gasteiger partial charge < -0.3 is 0 Å².